The summed E-state index contributed by atoms with van der Waals surface area (Å²) in [4.78, 5) is 25.8. The van der Waals surface area contributed by atoms with Crippen molar-refractivity contribution in [3.63, 3.8) is 0 Å². The number of rotatable bonds is 6. The molecule has 1 aromatic rings. The Balaban J connectivity index is 0.00000288. The van der Waals surface area contributed by atoms with Crippen LogP contribution in [-0.2, 0) is 9.59 Å². The molecule has 2 amide bonds. The first-order chi connectivity index (χ1) is 11.2. The van der Waals surface area contributed by atoms with Crippen LogP contribution in [0.25, 0.3) is 0 Å². The Morgan fingerprint density at radius 2 is 1.88 bits per heavy atom. The van der Waals surface area contributed by atoms with Gasteiger partial charge in [0.25, 0.3) is 0 Å². The summed E-state index contributed by atoms with van der Waals surface area (Å²) in [6, 6.07) is 7.12. The van der Waals surface area contributed by atoms with Crippen molar-refractivity contribution < 1.29 is 14.3 Å². The van der Waals surface area contributed by atoms with Crippen LogP contribution in [0.5, 0.6) is 5.75 Å². The maximum Gasteiger partial charge on any atom is 0.243 e. The van der Waals surface area contributed by atoms with Gasteiger partial charge in [-0.25, -0.2) is 0 Å². The van der Waals surface area contributed by atoms with E-state index in [0.29, 0.717) is 37.6 Å². The molecule has 1 fully saturated rings. The van der Waals surface area contributed by atoms with Crippen LogP contribution < -0.4 is 15.8 Å². The minimum absolute atomic E-state index is 0. The largest absolute Gasteiger partial charge is 0.492 e. The minimum atomic E-state index is -0.172. The van der Waals surface area contributed by atoms with E-state index in [4.69, 9.17) is 10.5 Å². The maximum absolute atomic E-state index is 12.1. The fourth-order valence-corrected chi connectivity index (χ4v) is 2.57. The number of nitrogens with zero attached hydrogens (tertiary/aromatic N) is 1. The third-order valence-corrected chi connectivity index (χ3v) is 3.78. The van der Waals surface area contributed by atoms with Crippen LogP contribution in [0.3, 0.4) is 0 Å². The highest BCUT2D eigenvalue weighted by molar-refractivity contribution is 5.94. The van der Waals surface area contributed by atoms with Gasteiger partial charge in [0.1, 0.15) is 12.4 Å². The third kappa shape index (κ3) is 6.76. The number of ether oxygens (including phenoxy) is 1. The zero-order valence-electron chi connectivity index (χ0n) is 13.8. The molecule has 0 bridgehead atoms. The standard InChI is InChI=1S/C17H25N3O3.ClH/c18-10-12-23-15-8-6-14(7-9-15)19-16(21)13-20-11-4-2-1-3-5-17(20)22;/h6-9H,1-5,10-13,18H2,(H,19,21);1H. The Morgan fingerprint density at radius 3 is 2.58 bits per heavy atom. The summed E-state index contributed by atoms with van der Waals surface area (Å²) >= 11 is 0. The maximum atomic E-state index is 12.1. The number of benzene rings is 1. The lowest BCUT2D eigenvalue weighted by Crippen LogP contribution is -2.39. The van der Waals surface area contributed by atoms with Crippen molar-refractivity contribution in [3.8, 4) is 5.75 Å². The van der Waals surface area contributed by atoms with Gasteiger partial charge in [0, 0.05) is 25.2 Å². The average molecular weight is 356 g/mol. The lowest BCUT2D eigenvalue weighted by atomic mass is 10.1. The molecule has 0 aromatic heterocycles. The summed E-state index contributed by atoms with van der Waals surface area (Å²) in [5.41, 5.74) is 6.07. The van der Waals surface area contributed by atoms with Gasteiger partial charge in [-0.05, 0) is 37.1 Å². The van der Waals surface area contributed by atoms with Crippen molar-refractivity contribution in [2.24, 2.45) is 5.73 Å². The molecule has 1 aromatic carbocycles. The molecule has 3 N–H and O–H groups in total. The lowest BCUT2D eigenvalue weighted by Gasteiger charge is -2.24. The van der Waals surface area contributed by atoms with Crippen molar-refractivity contribution >= 4 is 29.9 Å². The van der Waals surface area contributed by atoms with Crippen molar-refractivity contribution in [2.75, 3.05) is 31.6 Å². The molecular formula is C17H26ClN3O3. The quantitative estimate of drug-likeness (QED) is 0.819. The molecule has 7 heteroatoms. The second kappa shape index (κ2) is 10.9. The van der Waals surface area contributed by atoms with Gasteiger partial charge in [0.15, 0.2) is 0 Å². The van der Waals surface area contributed by atoms with Gasteiger partial charge >= 0.3 is 0 Å². The Kier molecular flexibility index (Phi) is 9.19. The van der Waals surface area contributed by atoms with Crippen LogP contribution >= 0.6 is 12.4 Å². The summed E-state index contributed by atoms with van der Waals surface area (Å²) in [6.07, 6.45) is 4.65. The summed E-state index contributed by atoms with van der Waals surface area (Å²) < 4.78 is 5.39. The van der Waals surface area contributed by atoms with Crippen LogP contribution in [0.4, 0.5) is 5.69 Å². The zero-order valence-corrected chi connectivity index (χ0v) is 14.6. The van der Waals surface area contributed by atoms with Crippen LogP contribution in [0, 0.1) is 0 Å². The first kappa shape index (κ1) is 20.3. The predicted molar refractivity (Wildman–Crippen MR) is 96.5 cm³/mol. The van der Waals surface area contributed by atoms with E-state index in [1.165, 1.54) is 0 Å². The Bertz CT molecular complexity index is 522. The number of nitrogens with one attached hydrogen (secondary N) is 1. The second-order valence-corrected chi connectivity index (χ2v) is 5.69. The molecule has 1 saturated heterocycles. The van der Waals surface area contributed by atoms with Crippen LogP contribution in [0.1, 0.15) is 32.1 Å². The molecule has 1 heterocycles. The van der Waals surface area contributed by atoms with Gasteiger partial charge in [0.2, 0.25) is 11.8 Å². The van der Waals surface area contributed by atoms with Crippen molar-refractivity contribution in [3.05, 3.63) is 24.3 Å². The minimum Gasteiger partial charge on any atom is -0.492 e. The zero-order chi connectivity index (χ0) is 16.5. The molecule has 0 radical (unpaired) electrons. The van der Waals surface area contributed by atoms with Gasteiger partial charge in [-0.3, -0.25) is 9.59 Å². The smallest absolute Gasteiger partial charge is 0.243 e. The van der Waals surface area contributed by atoms with Gasteiger partial charge in [-0.15, -0.1) is 12.4 Å². The number of likely N-dealkylation sites (tertiary alicyclic amines) is 1. The van der Waals surface area contributed by atoms with Crippen molar-refractivity contribution in [1.82, 2.24) is 4.90 Å². The number of anilines is 1. The first-order valence-electron chi connectivity index (χ1n) is 8.19. The van der Waals surface area contributed by atoms with E-state index in [-0.39, 0.29) is 30.8 Å². The second-order valence-electron chi connectivity index (χ2n) is 5.69. The Hall–Kier alpha value is -1.79. The highest BCUT2D eigenvalue weighted by Gasteiger charge is 2.18. The number of hydrogen-bond donors (Lipinski definition) is 2. The van der Waals surface area contributed by atoms with Gasteiger partial charge in [-0.1, -0.05) is 12.8 Å². The Labute approximate surface area is 149 Å². The summed E-state index contributed by atoms with van der Waals surface area (Å²) in [5, 5.41) is 2.82. The van der Waals surface area contributed by atoms with E-state index in [0.717, 1.165) is 25.7 Å². The predicted octanol–water partition coefficient (Wildman–Crippen LogP) is 2.18. The molecule has 1 aliphatic rings. The van der Waals surface area contributed by atoms with E-state index in [9.17, 15) is 9.59 Å². The highest BCUT2D eigenvalue weighted by atomic mass is 35.5. The number of carbonyl (C=O) groups is 2. The Morgan fingerprint density at radius 1 is 1.17 bits per heavy atom. The number of carbonyl (C=O) groups excluding carboxylic acids is 2. The molecular weight excluding hydrogens is 330 g/mol. The van der Waals surface area contributed by atoms with Crippen LogP contribution in [-0.4, -0.2) is 43.0 Å². The van der Waals surface area contributed by atoms with E-state index in [2.05, 4.69) is 5.32 Å². The van der Waals surface area contributed by atoms with Crippen LogP contribution in [0.15, 0.2) is 24.3 Å². The van der Waals surface area contributed by atoms with Crippen molar-refractivity contribution in [2.45, 2.75) is 32.1 Å². The monoisotopic (exact) mass is 355 g/mol. The van der Waals surface area contributed by atoms with Crippen molar-refractivity contribution in [1.29, 1.82) is 0 Å². The molecule has 0 atom stereocenters. The topological polar surface area (TPSA) is 84.7 Å². The normalized spacial score (nSPS) is 15.0. The first-order valence-corrected chi connectivity index (χ1v) is 8.19. The molecule has 2 rings (SSSR count). The number of amides is 2. The fourth-order valence-electron chi connectivity index (χ4n) is 2.57. The van der Waals surface area contributed by atoms with E-state index < -0.39 is 0 Å². The van der Waals surface area contributed by atoms with Crippen LogP contribution in [0.2, 0.25) is 0 Å². The molecule has 1 aliphatic heterocycles. The molecule has 134 valence electrons. The van der Waals surface area contributed by atoms with E-state index in [1.807, 2.05) is 0 Å². The summed E-state index contributed by atoms with van der Waals surface area (Å²) in [6.45, 7) is 1.70. The summed E-state index contributed by atoms with van der Waals surface area (Å²) in [5.74, 6) is 0.618. The molecule has 0 saturated carbocycles. The molecule has 6 nitrogen and oxygen atoms in total. The van der Waals surface area contributed by atoms with Gasteiger partial charge < -0.3 is 20.7 Å². The average Bonchev–Trinajstić information content (AvgIpc) is 2.54. The molecule has 0 unspecified atom stereocenters. The SMILES string of the molecule is Cl.NCCOc1ccc(NC(=O)CN2CCCCCCC2=O)cc1. The van der Waals surface area contributed by atoms with Gasteiger partial charge in [0.05, 0.1) is 6.54 Å². The summed E-state index contributed by atoms with van der Waals surface area (Å²) in [7, 11) is 0. The molecule has 24 heavy (non-hydrogen) atoms. The number of halogens is 1. The van der Waals surface area contributed by atoms with Gasteiger partial charge in [-0.2, -0.15) is 0 Å². The number of hydrogen-bond acceptors (Lipinski definition) is 4. The van der Waals surface area contributed by atoms with E-state index in [1.54, 1.807) is 29.2 Å². The van der Waals surface area contributed by atoms with E-state index >= 15 is 0 Å². The highest BCUT2D eigenvalue weighted by Crippen LogP contribution is 2.16. The molecule has 0 aliphatic carbocycles. The number of nitrogens with two attached hydrogens (primary N) is 1. The third-order valence-electron chi connectivity index (χ3n) is 3.78. The fraction of sp³-hybridized carbons (Fsp3) is 0.529. The molecule has 0 spiro atoms. The lowest BCUT2D eigenvalue weighted by molar-refractivity contribution is -0.135.